The third-order valence-electron chi connectivity index (χ3n) is 4.29. The highest BCUT2D eigenvalue weighted by Gasteiger charge is 2.20. The summed E-state index contributed by atoms with van der Waals surface area (Å²) in [6.07, 6.45) is 2.50. The Balaban J connectivity index is 2.05. The molecule has 0 spiro atoms. The van der Waals surface area contributed by atoms with Gasteiger partial charge in [0.25, 0.3) is 5.91 Å². The largest absolute Gasteiger partial charge is 0.337 e. The topological polar surface area (TPSA) is 46.9 Å². The lowest BCUT2D eigenvalue weighted by atomic mass is 10.1. The fourth-order valence-corrected chi connectivity index (χ4v) is 3.15. The molecule has 4 nitrogen and oxygen atoms in total. The van der Waals surface area contributed by atoms with Gasteiger partial charge in [0.2, 0.25) is 0 Å². The van der Waals surface area contributed by atoms with Crippen molar-refractivity contribution in [1.29, 1.82) is 0 Å². The highest BCUT2D eigenvalue weighted by Crippen LogP contribution is 2.27. The molecular weight excluding hydrogens is 322 g/mol. The Labute approximate surface area is 146 Å². The quantitative estimate of drug-likeness (QED) is 0.738. The van der Waals surface area contributed by atoms with E-state index >= 15 is 0 Å². The first kappa shape index (κ1) is 16.5. The van der Waals surface area contributed by atoms with E-state index in [1.165, 1.54) is 11.8 Å². The van der Waals surface area contributed by atoms with E-state index < -0.39 is 0 Å². The third-order valence-corrected chi connectivity index (χ3v) is 4.51. The van der Waals surface area contributed by atoms with Crippen molar-refractivity contribution in [3.63, 3.8) is 0 Å². The molecule has 24 heavy (non-hydrogen) atoms. The van der Waals surface area contributed by atoms with Crippen molar-refractivity contribution in [1.82, 2.24) is 9.55 Å². The van der Waals surface area contributed by atoms with Crippen molar-refractivity contribution >= 4 is 34.2 Å². The van der Waals surface area contributed by atoms with Crippen molar-refractivity contribution < 1.29 is 4.79 Å². The number of hydrogen-bond donors (Lipinski definition) is 1. The number of nitrogens with zero attached hydrogens (tertiary/aromatic N) is 2. The summed E-state index contributed by atoms with van der Waals surface area (Å²) in [5.41, 5.74) is 4.03. The van der Waals surface area contributed by atoms with Crippen LogP contribution >= 0.6 is 11.6 Å². The van der Waals surface area contributed by atoms with Crippen LogP contribution in [0.1, 0.15) is 35.5 Å². The maximum Gasteiger partial charge on any atom is 0.273 e. The number of aryl methyl sites for hydroxylation is 3. The first-order valence-corrected chi connectivity index (χ1v) is 8.47. The normalized spacial score (nSPS) is 11.0. The number of anilines is 1. The minimum absolute atomic E-state index is 0.154. The molecule has 0 bridgehead atoms. The second-order valence-electron chi connectivity index (χ2n) is 5.74. The highest BCUT2D eigenvalue weighted by atomic mass is 35.5. The lowest BCUT2D eigenvalue weighted by Crippen LogP contribution is -2.18. The third kappa shape index (κ3) is 2.89. The molecule has 1 aromatic carbocycles. The number of carbonyl (C=O) groups excluding carboxylic acids is 1. The fourth-order valence-electron chi connectivity index (χ4n) is 3.04. The smallest absolute Gasteiger partial charge is 0.273 e. The first-order valence-electron chi connectivity index (χ1n) is 8.09. The van der Waals surface area contributed by atoms with Gasteiger partial charge in [0.15, 0.2) is 0 Å². The molecule has 1 amide bonds. The van der Waals surface area contributed by atoms with Gasteiger partial charge in [0, 0.05) is 23.6 Å². The molecule has 0 radical (unpaired) electrons. The van der Waals surface area contributed by atoms with Crippen LogP contribution < -0.4 is 5.32 Å². The summed E-state index contributed by atoms with van der Waals surface area (Å²) in [4.78, 5) is 17.0. The van der Waals surface area contributed by atoms with Crippen LogP contribution in [0.3, 0.4) is 0 Å². The summed E-state index contributed by atoms with van der Waals surface area (Å²) >= 11 is 5.84. The van der Waals surface area contributed by atoms with Crippen molar-refractivity contribution in [2.24, 2.45) is 0 Å². The van der Waals surface area contributed by atoms with Gasteiger partial charge in [0.1, 0.15) is 11.5 Å². The van der Waals surface area contributed by atoms with Gasteiger partial charge in [-0.25, -0.2) is 4.98 Å². The Morgan fingerprint density at radius 2 is 2.04 bits per heavy atom. The fraction of sp³-hybridized carbons (Fsp3) is 0.263. The van der Waals surface area contributed by atoms with Gasteiger partial charge in [0.05, 0.1) is 5.02 Å². The molecule has 0 fully saturated rings. The number of halogens is 1. The number of hydrogen-bond acceptors (Lipinski definition) is 2. The Bertz CT molecular complexity index is 897. The van der Waals surface area contributed by atoms with E-state index in [0.717, 1.165) is 29.4 Å². The zero-order valence-electron chi connectivity index (χ0n) is 14.1. The average Bonchev–Trinajstić information content (AvgIpc) is 2.88. The second kappa shape index (κ2) is 6.65. The number of aromatic nitrogens is 2. The van der Waals surface area contributed by atoms with Crippen LogP contribution in [0.4, 0.5) is 5.82 Å². The Hall–Kier alpha value is -2.33. The molecule has 2 aromatic heterocycles. The predicted octanol–water partition coefficient (Wildman–Crippen LogP) is 4.83. The number of fused-ring (bicyclic) bond motifs is 1. The van der Waals surface area contributed by atoms with Crippen LogP contribution in [0.5, 0.6) is 0 Å². The van der Waals surface area contributed by atoms with Gasteiger partial charge in [-0.1, -0.05) is 24.6 Å². The highest BCUT2D eigenvalue weighted by molar-refractivity contribution is 6.30. The summed E-state index contributed by atoms with van der Waals surface area (Å²) in [6.45, 7) is 6.90. The van der Waals surface area contributed by atoms with Crippen LogP contribution in [0.2, 0.25) is 5.02 Å². The number of rotatable bonds is 4. The second-order valence-corrected chi connectivity index (χ2v) is 6.18. The molecule has 0 aliphatic rings. The number of pyridine rings is 1. The number of benzene rings is 1. The van der Waals surface area contributed by atoms with Crippen molar-refractivity contribution in [3.05, 3.63) is 58.4 Å². The minimum atomic E-state index is -0.154. The molecule has 0 saturated carbocycles. The summed E-state index contributed by atoms with van der Waals surface area (Å²) in [6, 6.07) is 9.80. The Kier molecular flexibility index (Phi) is 4.58. The van der Waals surface area contributed by atoms with E-state index in [9.17, 15) is 4.79 Å². The molecule has 1 N–H and O–H groups in total. The van der Waals surface area contributed by atoms with E-state index in [1.807, 2.05) is 13.8 Å². The van der Waals surface area contributed by atoms with E-state index in [-0.39, 0.29) is 5.91 Å². The Morgan fingerprint density at radius 3 is 2.67 bits per heavy atom. The first-order chi connectivity index (χ1) is 11.5. The summed E-state index contributed by atoms with van der Waals surface area (Å²) < 4.78 is 2.05. The molecule has 0 saturated heterocycles. The van der Waals surface area contributed by atoms with Crippen LogP contribution in [0.15, 0.2) is 36.5 Å². The zero-order valence-corrected chi connectivity index (χ0v) is 14.8. The van der Waals surface area contributed by atoms with Crippen molar-refractivity contribution in [2.45, 2.75) is 33.7 Å². The van der Waals surface area contributed by atoms with E-state index in [0.29, 0.717) is 16.5 Å². The molecule has 0 aliphatic heterocycles. The molecule has 0 unspecified atom stereocenters. The molecule has 0 aliphatic carbocycles. The molecule has 5 heteroatoms. The van der Waals surface area contributed by atoms with Gasteiger partial charge in [-0.3, -0.25) is 4.79 Å². The van der Waals surface area contributed by atoms with Crippen LogP contribution in [-0.4, -0.2) is 15.5 Å². The monoisotopic (exact) mass is 341 g/mol. The van der Waals surface area contributed by atoms with E-state index in [1.54, 1.807) is 12.1 Å². The van der Waals surface area contributed by atoms with Crippen molar-refractivity contribution in [2.75, 3.05) is 5.32 Å². The maximum atomic E-state index is 12.8. The summed E-state index contributed by atoms with van der Waals surface area (Å²) in [7, 11) is 0. The van der Waals surface area contributed by atoms with Gasteiger partial charge < -0.3 is 9.88 Å². The summed E-state index contributed by atoms with van der Waals surface area (Å²) in [5.74, 6) is 0.337. The molecule has 124 valence electrons. The number of carbonyl (C=O) groups is 1. The Morgan fingerprint density at radius 1 is 1.25 bits per heavy atom. The van der Waals surface area contributed by atoms with Crippen LogP contribution in [0.25, 0.3) is 10.9 Å². The molecular formula is C19H20ClN3O. The lowest BCUT2D eigenvalue weighted by molar-refractivity contribution is 0.101. The average molecular weight is 342 g/mol. The van der Waals surface area contributed by atoms with E-state index in [4.69, 9.17) is 11.6 Å². The standard InChI is InChI=1S/C19H20ClN3O/c1-4-13-6-8-16-15(10-13)12(3)18(23(16)5-2)19(24)22-17-9-7-14(20)11-21-17/h6-11H,4-5H2,1-3H3,(H,21,22,24). The predicted molar refractivity (Wildman–Crippen MR) is 98.9 cm³/mol. The minimum Gasteiger partial charge on any atom is -0.337 e. The molecule has 3 aromatic rings. The maximum absolute atomic E-state index is 12.8. The van der Waals surface area contributed by atoms with Gasteiger partial charge >= 0.3 is 0 Å². The van der Waals surface area contributed by atoms with Gasteiger partial charge in [-0.05, 0) is 55.7 Å². The molecule has 2 heterocycles. The molecule has 0 atom stereocenters. The summed E-state index contributed by atoms with van der Waals surface area (Å²) in [5, 5.41) is 4.53. The van der Waals surface area contributed by atoms with Crippen molar-refractivity contribution in [3.8, 4) is 0 Å². The van der Waals surface area contributed by atoms with Gasteiger partial charge in [-0.15, -0.1) is 0 Å². The van der Waals surface area contributed by atoms with Crippen LogP contribution in [0, 0.1) is 6.92 Å². The van der Waals surface area contributed by atoms with E-state index in [2.05, 4.69) is 40.0 Å². The van der Waals surface area contributed by atoms with Crippen LogP contribution in [-0.2, 0) is 13.0 Å². The SMILES string of the molecule is CCc1ccc2c(c1)c(C)c(C(=O)Nc1ccc(Cl)cn1)n2CC. The molecule has 3 rings (SSSR count). The number of amides is 1. The zero-order chi connectivity index (χ0) is 17.3. The lowest BCUT2D eigenvalue weighted by Gasteiger charge is -2.09. The number of nitrogens with one attached hydrogen (secondary N) is 1. The van der Waals surface area contributed by atoms with Gasteiger partial charge in [-0.2, -0.15) is 0 Å².